The highest BCUT2D eigenvalue weighted by atomic mass is 19.1. The average Bonchev–Trinajstić information content (AvgIpc) is 2.07. The molecule has 0 saturated carbocycles. The van der Waals surface area contributed by atoms with Crippen LogP contribution in [0.15, 0.2) is 0 Å². The zero-order valence-corrected chi connectivity index (χ0v) is 7.48. The summed E-state index contributed by atoms with van der Waals surface area (Å²) in [5.41, 5.74) is 0. The van der Waals surface area contributed by atoms with Gasteiger partial charge in [0.2, 0.25) is 0 Å². The van der Waals surface area contributed by atoms with Gasteiger partial charge in [-0.05, 0) is 0 Å². The van der Waals surface area contributed by atoms with E-state index in [1.165, 1.54) is 0 Å². The minimum Gasteiger partial charge on any atom is -0.441 e. The molecular weight excluding hydrogens is 159 g/mol. The maximum absolute atomic E-state index is 12.2. The van der Waals surface area contributed by atoms with Gasteiger partial charge in [-0.1, -0.05) is 0 Å². The highest BCUT2D eigenvalue weighted by molar-refractivity contribution is 4.57. The van der Waals surface area contributed by atoms with Crippen LogP contribution in [0.25, 0.3) is 0 Å². The van der Waals surface area contributed by atoms with Crippen LogP contribution in [-0.2, 0) is 0 Å². The molecule has 0 bridgehead atoms. The number of nitrogens with zero attached hydrogens (tertiary/aromatic N) is 1. The van der Waals surface area contributed by atoms with Crippen LogP contribution in [0, 0.1) is 0 Å². The second kappa shape index (κ2) is 4.74. The van der Waals surface area contributed by atoms with E-state index in [0.29, 0.717) is 13.2 Å². The summed E-state index contributed by atoms with van der Waals surface area (Å²) in [4.78, 5) is 0. The van der Waals surface area contributed by atoms with Crippen molar-refractivity contribution in [2.45, 2.75) is 0 Å². The highest BCUT2D eigenvalue weighted by Crippen LogP contribution is 2.07. The second-order valence-electron chi connectivity index (χ2n) is 3.43. The summed E-state index contributed by atoms with van der Waals surface area (Å²) in [6.45, 7) is 5.50. The maximum Gasteiger partial charge on any atom is 0.193 e. The van der Waals surface area contributed by atoms with Gasteiger partial charge in [-0.25, -0.2) is 4.39 Å². The first kappa shape index (κ1) is 9.89. The van der Waals surface area contributed by atoms with Gasteiger partial charge >= 0.3 is 0 Å². The Morgan fingerprint density at radius 1 is 1.25 bits per heavy atom. The molecule has 0 aromatic heterocycles. The van der Waals surface area contributed by atoms with Gasteiger partial charge in [0.25, 0.3) is 0 Å². The fourth-order valence-electron chi connectivity index (χ4n) is 1.84. The number of halogens is 1. The molecule has 0 atom stereocenters. The Balaban J connectivity index is 2.44. The molecule has 0 aromatic rings. The summed E-state index contributed by atoms with van der Waals surface area (Å²) in [7, 11) is 0. The lowest BCUT2D eigenvalue weighted by atomic mass is 10.2. The van der Waals surface area contributed by atoms with Gasteiger partial charge in [-0.3, -0.25) is 0 Å². The SMILES string of the molecule is [OH2+]CC[N+]1(CCF)CCNCC1. The third-order valence-corrected chi connectivity index (χ3v) is 2.67. The van der Waals surface area contributed by atoms with Crippen LogP contribution in [0.5, 0.6) is 0 Å². The first-order chi connectivity index (χ1) is 5.83. The van der Waals surface area contributed by atoms with Gasteiger partial charge in [0, 0.05) is 13.1 Å². The van der Waals surface area contributed by atoms with Gasteiger partial charge in [-0.2, -0.15) is 0 Å². The van der Waals surface area contributed by atoms with E-state index < -0.39 is 0 Å². The predicted octanol–water partition coefficient (Wildman–Crippen LogP) is -0.899. The topological polar surface area (TPSA) is 34.9 Å². The van der Waals surface area contributed by atoms with Crippen molar-refractivity contribution < 1.29 is 14.0 Å². The summed E-state index contributed by atoms with van der Waals surface area (Å²) >= 11 is 0. The Morgan fingerprint density at radius 2 is 1.92 bits per heavy atom. The molecule has 3 nitrogen and oxygen atoms in total. The number of alkyl halides is 1. The monoisotopic (exact) mass is 178 g/mol. The van der Waals surface area contributed by atoms with E-state index >= 15 is 0 Å². The van der Waals surface area contributed by atoms with E-state index in [9.17, 15) is 4.39 Å². The van der Waals surface area contributed by atoms with Gasteiger partial charge < -0.3 is 14.9 Å². The molecule has 0 spiro atoms. The quantitative estimate of drug-likeness (QED) is 0.439. The highest BCUT2D eigenvalue weighted by Gasteiger charge is 2.29. The largest absolute Gasteiger partial charge is 0.441 e. The molecule has 3 N–H and O–H groups in total. The van der Waals surface area contributed by atoms with Crippen LogP contribution < -0.4 is 5.32 Å². The molecule has 1 heterocycles. The Labute approximate surface area is 72.8 Å². The lowest BCUT2D eigenvalue weighted by Crippen LogP contribution is -2.60. The standard InChI is InChI=1S/C8H18FN2O/c9-1-4-11(7-8-12)5-2-10-3-6-11/h10,12H,1-8H2/q+1/p+1. The third-order valence-electron chi connectivity index (χ3n) is 2.67. The second-order valence-corrected chi connectivity index (χ2v) is 3.43. The van der Waals surface area contributed by atoms with Gasteiger partial charge in [0.15, 0.2) is 6.61 Å². The molecule has 1 fully saturated rings. The molecule has 0 aromatic carbocycles. The van der Waals surface area contributed by atoms with Crippen LogP contribution in [0.2, 0.25) is 0 Å². The van der Waals surface area contributed by atoms with Crippen LogP contribution >= 0.6 is 0 Å². The zero-order valence-electron chi connectivity index (χ0n) is 7.48. The van der Waals surface area contributed by atoms with Gasteiger partial charge in [0.05, 0.1) is 13.1 Å². The molecule has 4 heteroatoms. The molecule has 0 unspecified atom stereocenters. The summed E-state index contributed by atoms with van der Waals surface area (Å²) in [5.74, 6) is 0. The van der Waals surface area contributed by atoms with E-state index in [1.54, 1.807) is 0 Å². The molecule has 0 amide bonds. The van der Waals surface area contributed by atoms with Crippen molar-refractivity contribution in [3.8, 4) is 0 Å². The van der Waals surface area contributed by atoms with Crippen molar-refractivity contribution >= 4 is 0 Å². The molecule has 72 valence electrons. The molecule has 1 saturated heterocycles. The van der Waals surface area contributed by atoms with E-state index in [0.717, 1.165) is 37.2 Å². The van der Waals surface area contributed by atoms with Crippen molar-refractivity contribution in [2.24, 2.45) is 0 Å². The third kappa shape index (κ3) is 2.40. The maximum atomic E-state index is 12.2. The molecule has 1 aliphatic rings. The summed E-state index contributed by atoms with van der Waals surface area (Å²) < 4.78 is 13.1. The van der Waals surface area contributed by atoms with E-state index in [4.69, 9.17) is 5.11 Å². The van der Waals surface area contributed by atoms with Crippen LogP contribution in [0.4, 0.5) is 4.39 Å². The summed E-state index contributed by atoms with van der Waals surface area (Å²) in [5, 5.41) is 10.4. The van der Waals surface area contributed by atoms with Gasteiger partial charge in [0.1, 0.15) is 19.8 Å². The Kier molecular flexibility index (Phi) is 3.91. The minimum absolute atomic E-state index is 0.250. The van der Waals surface area contributed by atoms with Gasteiger partial charge in [-0.15, -0.1) is 0 Å². The molecule has 1 aliphatic heterocycles. The number of hydrogen-bond donors (Lipinski definition) is 1. The lowest BCUT2D eigenvalue weighted by Gasteiger charge is -2.39. The Morgan fingerprint density at radius 3 is 2.42 bits per heavy atom. The zero-order chi connectivity index (χ0) is 8.86. The molecule has 0 radical (unpaired) electrons. The molecule has 12 heavy (non-hydrogen) atoms. The Bertz CT molecular complexity index is 111. The molecular formula is C8H19FN2O+2. The van der Waals surface area contributed by atoms with E-state index in [1.807, 2.05) is 0 Å². The van der Waals surface area contributed by atoms with Crippen LogP contribution in [0.1, 0.15) is 0 Å². The van der Waals surface area contributed by atoms with Crippen molar-refractivity contribution in [1.82, 2.24) is 5.32 Å². The normalized spacial score (nSPS) is 22.5. The predicted molar refractivity (Wildman–Crippen MR) is 47.1 cm³/mol. The van der Waals surface area contributed by atoms with Crippen molar-refractivity contribution in [1.29, 1.82) is 0 Å². The summed E-state index contributed by atoms with van der Waals surface area (Å²) in [6, 6.07) is 0. The van der Waals surface area contributed by atoms with Crippen molar-refractivity contribution in [3.05, 3.63) is 0 Å². The number of quaternary nitrogens is 1. The molecule has 1 rings (SSSR count). The smallest absolute Gasteiger partial charge is 0.193 e. The average molecular weight is 178 g/mol. The first-order valence-corrected chi connectivity index (χ1v) is 4.59. The number of piperazine rings is 1. The van der Waals surface area contributed by atoms with E-state index in [-0.39, 0.29) is 6.67 Å². The van der Waals surface area contributed by atoms with Crippen LogP contribution in [0.3, 0.4) is 0 Å². The first-order valence-electron chi connectivity index (χ1n) is 4.59. The van der Waals surface area contributed by atoms with Crippen molar-refractivity contribution in [2.75, 3.05) is 52.6 Å². The molecule has 0 aliphatic carbocycles. The number of rotatable bonds is 4. The van der Waals surface area contributed by atoms with Crippen molar-refractivity contribution in [3.63, 3.8) is 0 Å². The minimum atomic E-state index is -0.250. The Hall–Kier alpha value is -0.190. The number of hydrogen-bond acceptors (Lipinski definition) is 1. The van der Waals surface area contributed by atoms with E-state index in [2.05, 4.69) is 5.32 Å². The van der Waals surface area contributed by atoms with Crippen LogP contribution in [-0.4, -0.2) is 62.1 Å². The summed E-state index contributed by atoms with van der Waals surface area (Å²) in [6.07, 6.45) is 0. The fraction of sp³-hybridized carbons (Fsp3) is 1.00. The lowest BCUT2D eigenvalue weighted by molar-refractivity contribution is -0.929. The number of nitrogens with one attached hydrogen (secondary N) is 1. The fourth-order valence-corrected chi connectivity index (χ4v) is 1.84.